The Labute approximate surface area is 165 Å². The Morgan fingerprint density at radius 1 is 1.12 bits per heavy atom. The minimum Gasteiger partial charge on any atom is -0.482 e. The van der Waals surface area contributed by atoms with Crippen molar-refractivity contribution in [3.63, 3.8) is 0 Å². The highest BCUT2D eigenvalue weighted by Crippen LogP contribution is 2.25. The van der Waals surface area contributed by atoms with E-state index in [2.05, 4.69) is 20.8 Å². The number of halogens is 3. The van der Waals surface area contributed by atoms with E-state index >= 15 is 0 Å². The Morgan fingerprint density at radius 2 is 1.81 bits per heavy atom. The Morgan fingerprint density at radius 3 is 2.50 bits per heavy atom. The number of carbonyl (C=O) groups excluding carboxylic acids is 1. The van der Waals surface area contributed by atoms with Crippen molar-refractivity contribution < 1.29 is 13.9 Å². The van der Waals surface area contributed by atoms with Gasteiger partial charge >= 0.3 is 0 Å². The second-order valence-corrected chi connectivity index (χ2v) is 7.44. The summed E-state index contributed by atoms with van der Waals surface area (Å²) in [7, 11) is 0. The Balaban J connectivity index is 1.46. The molecule has 0 aliphatic carbocycles. The summed E-state index contributed by atoms with van der Waals surface area (Å²) in [5, 5.41) is 0.731. The van der Waals surface area contributed by atoms with Gasteiger partial charge in [0.2, 0.25) is 0 Å². The summed E-state index contributed by atoms with van der Waals surface area (Å²) < 4.78 is 19.3. The zero-order valence-electron chi connectivity index (χ0n) is 14.1. The lowest BCUT2D eigenvalue weighted by Gasteiger charge is -2.34. The molecule has 0 radical (unpaired) electrons. The quantitative estimate of drug-likeness (QED) is 0.704. The summed E-state index contributed by atoms with van der Waals surface area (Å²) in [5.41, 5.74) is 1.20. The normalized spacial score (nSPS) is 15.1. The third kappa shape index (κ3) is 5.19. The molecular weight excluding hydrogens is 423 g/mol. The number of rotatable bonds is 5. The molecule has 26 heavy (non-hydrogen) atoms. The first-order valence-electron chi connectivity index (χ1n) is 8.34. The number of piperazine rings is 1. The van der Waals surface area contributed by atoms with Crippen molar-refractivity contribution in [2.75, 3.05) is 32.8 Å². The third-order valence-electron chi connectivity index (χ3n) is 4.29. The SMILES string of the molecule is O=C(COc1cc(F)ccc1Br)N1CCN(Cc2ccc(Cl)cc2)CC1. The van der Waals surface area contributed by atoms with E-state index in [1.54, 1.807) is 11.0 Å². The third-order valence-corrected chi connectivity index (χ3v) is 5.20. The molecule has 1 amide bonds. The molecule has 0 unspecified atom stereocenters. The van der Waals surface area contributed by atoms with Crippen molar-refractivity contribution in [3.05, 3.63) is 63.3 Å². The summed E-state index contributed by atoms with van der Waals surface area (Å²) >= 11 is 9.20. The number of hydrogen-bond donors (Lipinski definition) is 0. The van der Waals surface area contributed by atoms with E-state index in [1.165, 1.54) is 17.7 Å². The molecule has 0 saturated carbocycles. The van der Waals surface area contributed by atoms with Crippen LogP contribution in [0.4, 0.5) is 4.39 Å². The number of ether oxygens (including phenoxy) is 1. The molecule has 0 aromatic heterocycles. The molecule has 1 fully saturated rings. The van der Waals surface area contributed by atoms with Gasteiger partial charge < -0.3 is 9.64 Å². The van der Waals surface area contributed by atoms with Gasteiger partial charge in [-0.25, -0.2) is 4.39 Å². The number of carbonyl (C=O) groups is 1. The fourth-order valence-electron chi connectivity index (χ4n) is 2.82. The highest BCUT2D eigenvalue weighted by atomic mass is 79.9. The molecule has 0 N–H and O–H groups in total. The molecule has 7 heteroatoms. The summed E-state index contributed by atoms with van der Waals surface area (Å²) in [4.78, 5) is 16.4. The molecule has 0 spiro atoms. The fourth-order valence-corrected chi connectivity index (χ4v) is 3.31. The fraction of sp³-hybridized carbons (Fsp3) is 0.316. The van der Waals surface area contributed by atoms with Crippen LogP contribution in [0.15, 0.2) is 46.9 Å². The van der Waals surface area contributed by atoms with Crippen molar-refractivity contribution >= 4 is 33.4 Å². The van der Waals surface area contributed by atoms with Gasteiger partial charge in [-0.15, -0.1) is 0 Å². The predicted molar refractivity (Wildman–Crippen MR) is 103 cm³/mol. The average Bonchev–Trinajstić information content (AvgIpc) is 2.65. The monoisotopic (exact) mass is 440 g/mol. The van der Waals surface area contributed by atoms with Crippen LogP contribution < -0.4 is 4.74 Å². The van der Waals surface area contributed by atoms with Crippen LogP contribution in [0, 0.1) is 5.82 Å². The van der Waals surface area contributed by atoms with Gasteiger partial charge in [0, 0.05) is 43.8 Å². The molecule has 1 aliphatic rings. The highest BCUT2D eigenvalue weighted by Gasteiger charge is 2.21. The minimum absolute atomic E-state index is 0.0905. The van der Waals surface area contributed by atoms with Gasteiger partial charge in [0.1, 0.15) is 11.6 Å². The van der Waals surface area contributed by atoms with Gasteiger partial charge in [-0.1, -0.05) is 23.7 Å². The molecule has 138 valence electrons. The predicted octanol–water partition coefficient (Wildman–Crippen LogP) is 3.96. The van der Waals surface area contributed by atoms with Crippen LogP contribution >= 0.6 is 27.5 Å². The van der Waals surface area contributed by atoms with Crippen LogP contribution in [-0.2, 0) is 11.3 Å². The maximum atomic E-state index is 13.3. The molecule has 2 aromatic carbocycles. The number of amides is 1. The molecule has 1 aliphatic heterocycles. The number of benzene rings is 2. The lowest BCUT2D eigenvalue weighted by Crippen LogP contribution is -2.49. The Bertz CT molecular complexity index is 765. The molecule has 2 aromatic rings. The maximum absolute atomic E-state index is 13.3. The van der Waals surface area contributed by atoms with E-state index in [0.29, 0.717) is 23.3 Å². The summed E-state index contributed by atoms with van der Waals surface area (Å²) in [5.74, 6) is -0.154. The van der Waals surface area contributed by atoms with Crippen molar-refractivity contribution in [2.45, 2.75) is 6.54 Å². The molecule has 4 nitrogen and oxygen atoms in total. The standard InChI is InChI=1S/C19H19BrClFN2O2/c20-17-6-5-16(22)11-18(17)26-13-19(25)24-9-7-23(8-10-24)12-14-1-3-15(21)4-2-14/h1-6,11H,7-10,12-13H2. The van der Waals surface area contributed by atoms with Crippen LogP contribution in [0.1, 0.15) is 5.56 Å². The van der Waals surface area contributed by atoms with Gasteiger partial charge in [0.25, 0.3) is 5.91 Å². The van der Waals surface area contributed by atoms with Gasteiger partial charge in [-0.05, 0) is 45.8 Å². The van der Waals surface area contributed by atoms with Crippen molar-refractivity contribution in [3.8, 4) is 5.75 Å². The van der Waals surface area contributed by atoms with Crippen LogP contribution in [0.5, 0.6) is 5.75 Å². The van der Waals surface area contributed by atoms with Gasteiger partial charge in [0.05, 0.1) is 4.47 Å². The smallest absolute Gasteiger partial charge is 0.260 e. The first kappa shape index (κ1) is 19.1. The molecule has 3 rings (SSSR count). The van der Waals surface area contributed by atoms with Crippen LogP contribution in [-0.4, -0.2) is 48.5 Å². The Hall–Kier alpha value is -1.63. The van der Waals surface area contributed by atoms with E-state index in [-0.39, 0.29) is 12.5 Å². The largest absolute Gasteiger partial charge is 0.482 e. The van der Waals surface area contributed by atoms with E-state index in [4.69, 9.17) is 16.3 Å². The molecular formula is C19H19BrClFN2O2. The molecule has 0 bridgehead atoms. The van der Waals surface area contributed by atoms with Crippen LogP contribution in [0.25, 0.3) is 0 Å². The number of hydrogen-bond acceptors (Lipinski definition) is 3. The lowest BCUT2D eigenvalue weighted by atomic mass is 10.2. The number of nitrogens with zero attached hydrogens (tertiary/aromatic N) is 2. The van der Waals surface area contributed by atoms with E-state index in [9.17, 15) is 9.18 Å². The van der Waals surface area contributed by atoms with Crippen LogP contribution in [0.3, 0.4) is 0 Å². The zero-order chi connectivity index (χ0) is 18.5. The second-order valence-electron chi connectivity index (χ2n) is 6.15. The summed E-state index contributed by atoms with van der Waals surface area (Å²) in [6.07, 6.45) is 0. The molecule has 1 saturated heterocycles. The van der Waals surface area contributed by atoms with Crippen molar-refractivity contribution in [1.82, 2.24) is 9.80 Å². The molecule has 1 heterocycles. The summed E-state index contributed by atoms with van der Waals surface area (Å²) in [6, 6.07) is 12.0. The highest BCUT2D eigenvalue weighted by molar-refractivity contribution is 9.10. The van der Waals surface area contributed by atoms with E-state index < -0.39 is 5.82 Å². The first-order valence-corrected chi connectivity index (χ1v) is 9.51. The van der Waals surface area contributed by atoms with E-state index in [0.717, 1.165) is 24.7 Å². The molecule has 0 atom stereocenters. The second kappa shape index (κ2) is 8.84. The Kier molecular flexibility index (Phi) is 6.51. The minimum atomic E-state index is -0.397. The van der Waals surface area contributed by atoms with Crippen molar-refractivity contribution in [1.29, 1.82) is 0 Å². The zero-order valence-corrected chi connectivity index (χ0v) is 16.5. The lowest BCUT2D eigenvalue weighted by molar-refractivity contribution is -0.135. The first-order chi connectivity index (χ1) is 12.5. The van der Waals surface area contributed by atoms with Crippen molar-refractivity contribution in [2.24, 2.45) is 0 Å². The van der Waals surface area contributed by atoms with Gasteiger partial charge in [0.15, 0.2) is 6.61 Å². The van der Waals surface area contributed by atoms with Crippen LogP contribution in [0.2, 0.25) is 5.02 Å². The maximum Gasteiger partial charge on any atom is 0.260 e. The van der Waals surface area contributed by atoms with Gasteiger partial charge in [-0.3, -0.25) is 9.69 Å². The van der Waals surface area contributed by atoms with Gasteiger partial charge in [-0.2, -0.15) is 0 Å². The average molecular weight is 442 g/mol. The topological polar surface area (TPSA) is 32.8 Å². The summed E-state index contributed by atoms with van der Waals surface area (Å²) in [6.45, 7) is 3.65. The van der Waals surface area contributed by atoms with E-state index in [1.807, 2.05) is 24.3 Å².